The van der Waals surface area contributed by atoms with Gasteiger partial charge in [0.25, 0.3) is 11.5 Å². The molecular weight excluding hydrogens is 378 g/mol. The number of hydrogen-bond donors (Lipinski definition) is 0. The van der Waals surface area contributed by atoms with Gasteiger partial charge in [-0.1, -0.05) is 17.7 Å². The summed E-state index contributed by atoms with van der Waals surface area (Å²) >= 11 is 6.07. The first-order valence-corrected chi connectivity index (χ1v) is 9.36. The van der Waals surface area contributed by atoms with Crippen LogP contribution in [-0.2, 0) is 7.05 Å². The smallest absolute Gasteiger partial charge is 0.261 e. The molecule has 6 nitrogen and oxygen atoms in total. The molecule has 1 atom stereocenters. The van der Waals surface area contributed by atoms with Gasteiger partial charge in [0.15, 0.2) is 0 Å². The number of amides is 1. The van der Waals surface area contributed by atoms with Crippen molar-refractivity contribution in [2.45, 2.75) is 19.9 Å². The largest absolute Gasteiger partial charge is 0.497 e. The van der Waals surface area contributed by atoms with Gasteiger partial charge < -0.3 is 9.64 Å². The second kappa shape index (κ2) is 8.02. The van der Waals surface area contributed by atoms with E-state index in [0.29, 0.717) is 39.6 Å². The van der Waals surface area contributed by atoms with E-state index in [0.717, 1.165) is 0 Å². The number of hydrogen-bond acceptors (Lipinski definition) is 4. The van der Waals surface area contributed by atoms with E-state index >= 15 is 0 Å². The summed E-state index contributed by atoms with van der Waals surface area (Å²) in [6, 6.07) is 11.6. The Balaban J connectivity index is 2.05. The van der Waals surface area contributed by atoms with Crippen molar-refractivity contribution in [2.24, 2.45) is 7.05 Å². The molecule has 0 bridgehead atoms. The molecule has 0 aliphatic heterocycles. The highest BCUT2D eigenvalue weighted by atomic mass is 35.5. The lowest BCUT2D eigenvalue weighted by Gasteiger charge is -2.29. The highest BCUT2D eigenvalue weighted by molar-refractivity contribution is 6.31. The molecule has 0 spiro atoms. The molecule has 3 rings (SSSR count). The Morgan fingerprint density at radius 2 is 2.04 bits per heavy atom. The Kier molecular flexibility index (Phi) is 5.70. The normalized spacial score (nSPS) is 12.0. The Bertz CT molecular complexity index is 1090. The zero-order valence-corrected chi connectivity index (χ0v) is 17.0. The molecular formula is C21H22ClN3O3. The maximum absolute atomic E-state index is 13.1. The second-order valence-electron chi connectivity index (χ2n) is 6.49. The van der Waals surface area contributed by atoms with Crippen LogP contribution >= 0.6 is 11.6 Å². The van der Waals surface area contributed by atoms with Crippen LogP contribution in [0.4, 0.5) is 0 Å². The minimum absolute atomic E-state index is 0.158. The molecule has 0 fully saturated rings. The maximum Gasteiger partial charge on any atom is 0.261 e. The van der Waals surface area contributed by atoms with Gasteiger partial charge in [-0.25, -0.2) is 4.98 Å². The molecule has 1 aromatic heterocycles. The number of fused-ring (bicyclic) bond motifs is 1. The van der Waals surface area contributed by atoms with Crippen LogP contribution in [0, 0.1) is 0 Å². The summed E-state index contributed by atoms with van der Waals surface area (Å²) in [5.74, 6) is 0.952. The summed E-state index contributed by atoms with van der Waals surface area (Å²) in [6.07, 6.45) is 0. The van der Waals surface area contributed by atoms with E-state index in [4.69, 9.17) is 16.3 Å². The van der Waals surface area contributed by atoms with E-state index in [1.807, 2.05) is 13.8 Å². The van der Waals surface area contributed by atoms with Gasteiger partial charge in [0.2, 0.25) is 0 Å². The van der Waals surface area contributed by atoms with Gasteiger partial charge in [-0.3, -0.25) is 14.2 Å². The Morgan fingerprint density at radius 3 is 2.71 bits per heavy atom. The molecule has 1 amide bonds. The third-order valence-electron chi connectivity index (χ3n) is 4.83. The van der Waals surface area contributed by atoms with Crippen LogP contribution in [0.15, 0.2) is 47.3 Å². The van der Waals surface area contributed by atoms with Gasteiger partial charge in [0.05, 0.1) is 24.1 Å². The van der Waals surface area contributed by atoms with E-state index in [9.17, 15) is 9.59 Å². The fourth-order valence-corrected chi connectivity index (χ4v) is 3.46. The highest BCUT2D eigenvalue weighted by Crippen LogP contribution is 2.24. The van der Waals surface area contributed by atoms with Crippen LogP contribution in [0.1, 0.15) is 36.1 Å². The maximum atomic E-state index is 13.1. The van der Waals surface area contributed by atoms with Crippen LogP contribution in [0.5, 0.6) is 5.75 Å². The topological polar surface area (TPSA) is 64.4 Å². The second-order valence-corrected chi connectivity index (χ2v) is 6.93. The minimum atomic E-state index is -0.412. The molecule has 0 radical (unpaired) electrons. The summed E-state index contributed by atoms with van der Waals surface area (Å²) in [5.41, 5.74) is 0.859. The molecule has 3 aromatic rings. The number of aromatic nitrogens is 2. The van der Waals surface area contributed by atoms with Crippen molar-refractivity contribution < 1.29 is 9.53 Å². The third kappa shape index (κ3) is 3.60. The van der Waals surface area contributed by atoms with E-state index in [-0.39, 0.29) is 11.5 Å². The van der Waals surface area contributed by atoms with Crippen LogP contribution < -0.4 is 10.3 Å². The SMILES string of the molecule is CCN(C(=O)c1cccc(OC)c1)C(C)c1nc2cc(Cl)ccc2c(=O)n1C. The molecule has 1 unspecified atom stereocenters. The number of carbonyl (C=O) groups excluding carboxylic acids is 1. The van der Waals surface area contributed by atoms with Crippen LogP contribution in [0.25, 0.3) is 10.9 Å². The van der Waals surface area contributed by atoms with Crippen molar-refractivity contribution >= 4 is 28.4 Å². The first-order valence-electron chi connectivity index (χ1n) is 8.98. The summed E-state index contributed by atoms with van der Waals surface area (Å²) in [7, 11) is 3.22. The molecule has 1 heterocycles. The summed E-state index contributed by atoms with van der Waals surface area (Å²) in [4.78, 5) is 32.2. The summed E-state index contributed by atoms with van der Waals surface area (Å²) in [6.45, 7) is 4.21. The van der Waals surface area contributed by atoms with Crippen LogP contribution in [0.3, 0.4) is 0 Å². The van der Waals surface area contributed by atoms with Crippen molar-refractivity contribution in [1.29, 1.82) is 0 Å². The predicted molar refractivity (Wildman–Crippen MR) is 110 cm³/mol. The first kappa shape index (κ1) is 19.9. The Labute approximate surface area is 168 Å². The first-order chi connectivity index (χ1) is 13.4. The number of rotatable bonds is 5. The van der Waals surface area contributed by atoms with Crippen molar-refractivity contribution in [3.05, 3.63) is 69.2 Å². The Hall–Kier alpha value is -2.86. The molecule has 2 aromatic carbocycles. The molecule has 0 saturated heterocycles. The molecule has 7 heteroatoms. The van der Waals surface area contributed by atoms with Crippen LogP contribution in [0.2, 0.25) is 5.02 Å². The molecule has 0 aliphatic carbocycles. The minimum Gasteiger partial charge on any atom is -0.497 e. The van der Waals surface area contributed by atoms with Gasteiger partial charge in [-0.05, 0) is 50.2 Å². The van der Waals surface area contributed by atoms with E-state index in [1.165, 1.54) is 4.57 Å². The molecule has 28 heavy (non-hydrogen) atoms. The van der Waals surface area contributed by atoms with Crippen molar-refractivity contribution in [1.82, 2.24) is 14.5 Å². The fourth-order valence-electron chi connectivity index (χ4n) is 3.29. The number of carbonyl (C=O) groups is 1. The number of nitrogens with zero attached hydrogens (tertiary/aromatic N) is 3. The van der Waals surface area contributed by atoms with Gasteiger partial charge in [-0.15, -0.1) is 0 Å². The van der Waals surface area contributed by atoms with Crippen molar-refractivity contribution in [3.8, 4) is 5.75 Å². The molecule has 0 aliphatic rings. The summed E-state index contributed by atoms with van der Waals surface area (Å²) < 4.78 is 6.71. The highest BCUT2D eigenvalue weighted by Gasteiger charge is 2.25. The molecule has 0 saturated carbocycles. The van der Waals surface area contributed by atoms with E-state index < -0.39 is 6.04 Å². The van der Waals surface area contributed by atoms with Gasteiger partial charge in [0.1, 0.15) is 11.6 Å². The van der Waals surface area contributed by atoms with Gasteiger partial charge in [0, 0.05) is 24.2 Å². The van der Waals surface area contributed by atoms with Crippen molar-refractivity contribution in [2.75, 3.05) is 13.7 Å². The molecule has 146 valence electrons. The lowest BCUT2D eigenvalue weighted by Crippen LogP contribution is -2.37. The zero-order valence-electron chi connectivity index (χ0n) is 16.3. The number of halogens is 1. The number of benzene rings is 2. The summed E-state index contributed by atoms with van der Waals surface area (Å²) in [5, 5.41) is 0.997. The van der Waals surface area contributed by atoms with Gasteiger partial charge >= 0.3 is 0 Å². The van der Waals surface area contributed by atoms with E-state index in [2.05, 4.69) is 4.98 Å². The quantitative estimate of drug-likeness (QED) is 0.654. The number of ether oxygens (including phenoxy) is 1. The molecule has 0 N–H and O–H groups in total. The van der Waals surface area contributed by atoms with E-state index in [1.54, 1.807) is 61.5 Å². The van der Waals surface area contributed by atoms with Gasteiger partial charge in [-0.2, -0.15) is 0 Å². The Morgan fingerprint density at radius 1 is 1.29 bits per heavy atom. The van der Waals surface area contributed by atoms with Crippen molar-refractivity contribution in [3.63, 3.8) is 0 Å². The third-order valence-corrected chi connectivity index (χ3v) is 5.07. The number of methoxy groups -OCH3 is 1. The average molecular weight is 400 g/mol. The lowest BCUT2D eigenvalue weighted by atomic mass is 10.1. The fraction of sp³-hybridized carbons (Fsp3) is 0.286. The monoisotopic (exact) mass is 399 g/mol. The van der Waals surface area contributed by atoms with Crippen LogP contribution in [-0.4, -0.2) is 34.0 Å². The standard InChI is InChI=1S/C21H22ClN3O3/c1-5-25(20(26)14-7-6-8-16(11-14)28-4)13(2)19-23-18-12-15(22)9-10-17(18)21(27)24(19)3/h6-13H,5H2,1-4H3. The lowest BCUT2D eigenvalue weighted by molar-refractivity contribution is 0.0691. The predicted octanol–water partition coefficient (Wildman–Crippen LogP) is 3.82. The average Bonchev–Trinajstić information content (AvgIpc) is 2.70. The zero-order chi connectivity index (χ0) is 20.4.